The zero-order valence-corrected chi connectivity index (χ0v) is 11.2. The fourth-order valence-corrected chi connectivity index (χ4v) is 2.60. The van der Waals surface area contributed by atoms with Crippen LogP contribution in [0.3, 0.4) is 0 Å². The van der Waals surface area contributed by atoms with Crippen LogP contribution in [0.4, 0.5) is 0 Å². The van der Waals surface area contributed by atoms with Crippen molar-refractivity contribution < 1.29 is 4.74 Å². The van der Waals surface area contributed by atoms with Crippen LogP contribution < -0.4 is 0 Å². The van der Waals surface area contributed by atoms with Gasteiger partial charge in [-0.15, -0.1) is 0 Å². The van der Waals surface area contributed by atoms with Crippen molar-refractivity contribution in [2.45, 2.75) is 19.8 Å². The number of hydrogen-bond donors (Lipinski definition) is 0. The normalized spacial score (nSPS) is 17.3. The predicted octanol–water partition coefficient (Wildman–Crippen LogP) is 2.91. The molecule has 94 valence electrons. The Morgan fingerprint density at radius 1 is 1.29 bits per heavy atom. The molecule has 2 rings (SSSR count). The fourth-order valence-electron chi connectivity index (χ4n) is 2.29. The summed E-state index contributed by atoms with van der Waals surface area (Å²) in [6, 6.07) is 6.14. The second-order valence-corrected chi connectivity index (χ2v) is 5.00. The van der Waals surface area contributed by atoms with E-state index >= 15 is 0 Å². The quantitative estimate of drug-likeness (QED) is 0.818. The molecule has 0 radical (unpaired) electrons. The Hall–Kier alpha value is -0.570. The third-order valence-electron chi connectivity index (χ3n) is 3.36. The highest BCUT2D eigenvalue weighted by Gasteiger charge is 2.10. The summed E-state index contributed by atoms with van der Waals surface area (Å²) in [7, 11) is 0. The van der Waals surface area contributed by atoms with Crippen LogP contribution in [0.2, 0.25) is 5.02 Å². The van der Waals surface area contributed by atoms with Crippen molar-refractivity contribution >= 4 is 11.6 Å². The van der Waals surface area contributed by atoms with Gasteiger partial charge in [0.05, 0.1) is 13.2 Å². The molecule has 1 saturated heterocycles. The van der Waals surface area contributed by atoms with E-state index in [1.54, 1.807) is 0 Å². The maximum Gasteiger partial charge on any atom is 0.0594 e. The lowest BCUT2D eigenvalue weighted by Gasteiger charge is -2.26. The molecule has 1 aromatic carbocycles. The predicted molar refractivity (Wildman–Crippen MR) is 71.8 cm³/mol. The molecule has 1 aliphatic heterocycles. The van der Waals surface area contributed by atoms with Crippen molar-refractivity contribution in [3.05, 3.63) is 34.3 Å². The Morgan fingerprint density at radius 3 is 2.76 bits per heavy atom. The second-order valence-electron chi connectivity index (χ2n) is 4.59. The van der Waals surface area contributed by atoms with Crippen LogP contribution in [-0.2, 0) is 11.2 Å². The lowest BCUT2D eigenvalue weighted by Crippen LogP contribution is -2.36. The number of nitrogens with zero attached hydrogens (tertiary/aromatic N) is 1. The average molecular weight is 254 g/mol. The molecule has 0 aliphatic carbocycles. The van der Waals surface area contributed by atoms with Crippen LogP contribution in [0, 0.1) is 6.92 Å². The minimum atomic E-state index is 0.880. The van der Waals surface area contributed by atoms with E-state index in [1.165, 1.54) is 17.5 Å². The van der Waals surface area contributed by atoms with Crippen LogP contribution in [-0.4, -0.2) is 37.7 Å². The summed E-state index contributed by atoms with van der Waals surface area (Å²) >= 11 is 6.22. The molecular formula is C14H20ClNO. The minimum Gasteiger partial charge on any atom is -0.379 e. The van der Waals surface area contributed by atoms with Crippen LogP contribution in [0.15, 0.2) is 18.2 Å². The first-order chi connectivity index (χ1) is 8.27. The van der Waals surface area contributed by atoms with Gasteiger partial charge in [0.2, 0.25) is 0 Å². The molecular weight excluding hydrogens is 234 g/mol. The van der Waals surface area contributed by atoms with Crippen LogP contribution in [0.1, 0.15) is 17.5 Å². The highest BCUT2D eigenvalue weighted by Crippen LogP contribution is 2.21. The number of rotatable bonds is 4. The van der Waals surface area contributed by atoms with E-state index in [0.29, 0.717) is 0 Å². The van der Waals surface area contributed by atoms with E-state index in [0.717, 1.165) is 44.3 Å². The molecule has 1 aromatic rings. The standard InChI is InChI=1S/C14H20ClNO/c1-12-4-2-6-14(15)13(12)5-3-7-16-8-10-17-11-9-16/h2,4,6H,3,5,7-11H2,1H3. The molecule has 0 amide bonds. The van der Waals surface area contributed by atoms with Gasteiger partial charge in [-0.2, -0.15) is 0 Å². The topological polar surface area (TPSA) is 12.5 Å². The molecule has 2 nitrogen and oxygen atoms in total. The third-order valence-corrected chi connectivity index (χ3v) is 3.71. The maximum absolute atomic E-state index is 6.22. The van der Waals surface area contributed by atoms with Crippen LogP contribution >= 0.6 is 11.6 Å². The van der Waals surface area contributed by atoms with Gasteiger partial charge in [-0.25, -0.2) is 0 Å². The molecule has 3 heteroatoms. The van der Waals surface area contributed by atoms with Gasteiger partial charge in [-0.3, -0.25) is 4.90 Å². The number of morpholine rings is 1. The highest BCUT2D eigenvalue weighted by molar-refractivity contribution is 6.31. The number of aryl methyl sites for hydroxylation is 1. The molecule has 1 heterocycles. The van der Waals surface area contributed by atoms with Gasteiger partial charge >= 0.3 is 0 Å². The SMILES string of the molecule is Cc1cccc(Cl)c1CCCN1CCOCC1. The minimum absolute atomic E-state index is 0.880. The summed E-state index contributed by atoms with van der Waals surface area (Å²) < 4.78 is 5.34. The molecule has 0 bridgehead atoms. The Balaban J connectivity index is 1.81. The molecule has 17 heavy (non-hydrogen) atoms. The van der Waals surface area contributed by atoms with Gasteiger partial charge in [0.1, 0.15) is 0 Å². The van der Waals surface area contributed by atoms with E-state index < -0.39 is 0 Å². The first-order valence-corrected chi connectivity index (χ1v) is 6.69. The largest absolute Gasteiger partial charge is 0.379 e. The summed E-state index contributed by atoms with van der Waals surface area (Å²) in [5, 5.41) is 0.909. The lowest BCUT2D eigenvalue weighted by atomic mass is 10.0. The number of benzene rings is 1. The molecule has 0 N–H and O–H groups in total. The van der Waals surface area contributed by atoms with E-state index in [1.807, 2.05) is 12.1 Å². The summed E-state index contributed by atoms with van der Waals surface area (Å²) in [5.74, 6) is 0. The lowest BCUT2D eigenvalue weighted by molar-refractivity contribution is 0.0374. The van der Waals surface area contributed by atoms with Crippen LogP contribution in [0.25, 0.3) is 0 Å². The van der Waals surface area contributed by atoms with Crippen molar-refractivity contribution in [3.63, 3.8) is 0 Å². The van der Waals surface area contributed by atoms with Crippen molar-refractivity contribution in [2.24, 2.45) is 0 Å². The first-order valence-electron chi connectivity index (χ1n) is 6.31. The Morgan fingerprint density at radius 2 is 2.06 bits per heavy atom. The van der Waals surface area contributed by atoms with Crippen LogP contribution in [0.5, 0.6) is 0 Å². The monoisotopic (exact) mass is 253 g/mol. The van der Waals surface area contributed by atoms with E-state index in [2.05, 4.69) is 17.9 Å². The zero-order chi connectivity index (χ0) is 12.1. The molecule has 0 aromatic heterocycles. The molecule has 1 fully saturated rings. The molecule has 0 unspecified atom stereocenters. The van der Waals surface area contributed by atoms with Gasteiger partial charge in [0, 0.05) is 18.1 Å². The van der Waals surface area contributed by atoms with Crippen molar-refractivity contribution in [3.8, 4) is 0 Å². The molecule has 0 saturated carbocycles. The smallest absolute Gasteiger partial charge is 0.0594 e. The highest BCUT2D eigenvalue weighted by atomic mass is 35.5. The van der Waals surface area contributed by atoms with E-state index in [-0.39, 0.29) is 0 Å². The third kappa shape index (κ3) is 3.70. The van der Waals surface area contributed by atoms with Gasteiger partial charge in [-0.1, -0.05) is 23.7 Å². The fraction of sp³-hybridized carbons (Fsp3) is 0.571. The number of halogens is 1. The van der Waals surface area contributed by atoms with Crippen molar-refractivity contribution in [1.82, 2.24) is 4.90 Å². The van der Waals surface area contributed by atoms with Gasteiger partial charge < -0.3 is 4.74 Å². The summed E-state index contributed by atoms with van der Waals surface area (Å²) in [4.78, 5) is 2.47. The summed E-state index contributed by atoms with van der Waals surface area (Å²) in [6.07, 6.45) is 2.24. The molecule has 0 spiro atoms. The number of ether oxygens (including phenoxy) is 1. The summed E-state index contributed by atoms with van der Waals surface area (Å²) in [5.41, 5.74) is 2.61. The summed E-state index contributed by atoms with van der Waals surface area (Å²) in [6.45, 7) is 7.18. The van der Waals surface area contributed by atoms with E-state index in [4.69, 9.17) is 16.3 Å². The van der Waals surface area contributed by atoms with Gasteiger partial charge in [-0.05, 0) is 43.5 Å². The Labute approximate surface area is 109 Å². The van der Waals surface area contributed by atoms with E-state index in [9.17, 15) is 0 Å². The van der Waals surface area contributed by atoms with Gasteiger partial charge in [0.15, 0.2) is 0 Å². The van der Waals surface area contributed by atoms with Gasteiger partial charge in [0.25, 0.3) is 0 Å². The average Bonchev–Trinajstić information content (AvgIpc) is 2.34. The van der Waals surface area contributed by atoms with Crippen molar-refractivity contribution in [1.29, 1.82) is 0 Å². The first kappa shape index (κ1) is 12.9. The zero-order valence-electron chi connectivity index (χ0n) is 10.4. The molecule has 0 atom stereocenters. The number of hydrogen-bond acceptors (Lipinski definition) is 2. The maximum atomic E-state index is 6.22. The van der Waals surface area contributed by atoms with Crippen molar-refractivity contribution in [2.75, 3.05) is 32.8 Å². The Bertz CT molecular complexity index is 341. The molecule has 1 aliphatic rings. The second kappa shape index (κ2) is 6.39. The Kier molecular flexibility index (Phi) is 4.84.